The lowest BCUT2D eigenvalue weighted by molar-refractivity contribution is 0.603. The average molecular weight is 410 g/mol. The molecule has 0 bridgehead atoms. The molecule has 0 aliphatic heterocycles. The van der Waals surface area contributed by atoms with Gasteiger partial charge in [-0.25, -0.2) is 13.4 Å². The van der Waals surface area contributed by atoms with Crippen LogP contribution in [0, 0.1) is 0 Å². The number of aromatic nitrogens is 2. The summed E-state index contributed by atoms with van der Waals surface area (Å²) in [5.41, 5.74) is 2.06. The first-order valence-corrected chi connectivity index (χ1v) is 11.0. The molecule has 0 unspecified atom stereocenters. The van der Waals surface area contributed by atoms with Crippen molar-refractivity contribution < 1.29 is 8.42 Å². The normalized spacial score (nSPS) is 11.9. The second kappa shape index (κ2) is 6.45. The van der Waals surface area contributed by atoms with Crippen molar-refractivity contribution in [2.45, 2.75) is 10.1 Å². The summed E-state index contributed by atoms with van der Waals surface area (Å²) < 4.78 is 27.9. The van der Waals surface area contributed by atoms with Gasteiger partial charge in [0.05, 0.1) is 22.8 Å². The lowest BCUT2D eigenvalue weighted by Crippen LogP contribution is -2.11. The number of hydrogen-bond acceptors (Lipinski definition) is 5. The van der Waals surface area contributed by atoms with Gasteiger partial charge in [-0.3, -0.25) is 4.72 Å². The highest BCUT2D eigenvalue weighted by atomic mass is 35.5. The summed E-state index contributed by atoms with van der Waals surface area (Å²) >= 11 is 8.52. The van der Waals surface area contributed by atoms with Crippen LogP contribution < -0.4 is 4.72 Å². The van der Waals surface area contributed by atoms with Crippen LogP contribution in [-0.2, 0) is 15.9 Å². The van der Waals surface area contributed by atoms with Crippen LogP contribution in [0.4, 0.5) is 5.69 Å². The van der Waals surface area contributed by atoms with E-state index in [4.69, 9.17) is 11.6 Å². The molecule has 4 rings (SSSR count). The van der Waals surface area contributed by atoms with Crippen LogP contribution >= 0.6 is 34.3 Å². The van der Waals surface area contributed by atoms with E-state index in [1.807, 2.05) is 18.2 Å². The largest absolute Gasteiger partial charge is 0.351 e. The number of sulfonamides is 1. The molecule has 0 saturated carbocycles. The van der Waals surface area contributed by atoms with Crippen molar-refractivity contribution in [3.63, 3.8) is 0 Å². The lowest BCUT2D eigenvalue weighted by atomic mass is 10.2. The van der Waals surface area contributed by atoms with Crippen LogP contribution in [0.25, 0.3) is 21.6 Å². The second-order valence-electron chi connectivity index (χ2n) is 5.26. The molecule has 3 aromatic heterocycles. The van der Waals surface area contributed by atoms with Gasteiger partial charge in [0.1, 0.15) is 9.22 Å². The van der Waals surface area contributed by atoms with Gasteiger partial charge in [0.2, 0.25) is 0 Å². The highest BCUT2D eigenvalue weighted by Crippen LogP contribution is 2.32. The number of aromatic amines is 1. The third-order valence-electron chi connectivity index (χ3n) is 3.58. The maximum Gasteiger partial charge on any atom is 0.271 e. The monoisotopic (exact) mass is 409 g/mol. The van der Waals surface area contributed by atoms with E-state index in [0.717, 1.165) is 26.5 Å². The summed E-state index contributed by atoms with van der Waals surface area (Å²) in [6.45, 7) is 0. The molecule has 0 spiro atoms. The van der Waals surface area contributed by atoms with Crippen LogP contribution in [0.2, 0.25) is 0 Å². The zero-order chi connectivity index (χ0) is 17.4. The predicted octanol–water partition coefficient (Wildman–Crippen LogP) is 4.89. The van der Waals surface area contributed by atoms with Crippen molar-refractivity contribution in [2.24, 2.45) is 0 Å². The Balaban J connectivity index is 1.75. The quantitative estimate of drug-likeness (QED) is 0.460. The minimum atomic E-state index is -3.60. The maximum absolute atomic E-state index is 12.5. The number of nitrogens with one attached hydrogen (secondary N) is 2. The van der Waals surface area contributed by atoms with E-state index < -0.39 is 10.0 Å². The Labute approximate surface area is 157 Å². The van der Waals surface area contributed by atoms with Gasteiger partial charge in [-0.1, -0.05) is 18.2 Å². The summed E-state index contributed by atoms with van der Waals surface area (Å²) in [5, 5.41) is 3.46. The molecule has 4 aromatic rings. The van der Waals surface area contributed by atoms with Gasteiger partial charge in [-0.2, -0.15) is 0 Å². The summed E-state index contributed by atoms with van der Waals surface area (Å²) in [4.78, 5) is 8.61. The molecular weight excluding hydrogens is 398 g/mol. The van der Waals surface area contributed by atoms with Gasteiger partial charge in [0.25, 0.3) is 10.0 Å². The number of fused-ring (bicyclic) bond motifs is 1. The van der Waals surface area contributed by atoms with Crippen molar-refractivity contribution >= 4 is 60.9 Å². The van der Waals surface area contributed by atoms with Crippen LogP contribution in [-0.4, -0.2) is 18.4 Å². The Hall–Kier alpha value is -1.87. The molecule has 0 saturated heterocycles. The van der Waals surface area contributed by atoms with Gasteiger partial charge in [-0.15, -0.1) is 34.3 Å². The maximum atomic E-state index is 12.5. The lowest BCUT2D eigenvalue weighted by Gasteiger charge is -2.07. The molecule has 128 valence electrons. The first-order chi connectivity index (χ1) is 12.1. The Morgan fingerprint density at radius 1 is 1.24 bits per heavy atom. The highest BCUT2D eigenvalue weighted by Gasteiger charge is 2.18. The number of alkyl halides is 1. The molecule has 0 aliphatic rings. The number of anilines is 1. The minimum Gasteiger partial charge on any atom is -0.351 e. The van der Waals surface area contributed by atoms with Crippen molar-refractivity contribution in [1.82, 2.24) is 9.97 Å². The van der Waals surface area contributed by atoms with E-state index in [0.29, 0.717) is 11.6 Å². The molecule has 0 fully saturated rings. The molecule has 1 aromatic carbocycles. The third-order valence-corrected chi connectivity index (χ3v) is 7.82. The fourth-order valence-corrected chi connectivity index (χ4v) is 5.49. The van der Waals surface area contributed by atoms with Gasteiger partial charge < -0.3 is 4.98 Å². The summed E-state index contributed by atoms with van der Waals surface area (Å²) in [6, 6.07) is 10.7. The zero-order valence-electron chi connectivity index (χ0n) is 12.7. The number of para-hydroxylation sites is 1. The van der Waals surface area contributed by atoms with E-state index in [9.17, 15) is 8.42 Å². The van der Waals surface area contributed by atoms with Gasteiger partial charge >= 0.3 is 0 Å². The standard InChI is InChI=1S/C16H12ClN3O2S3/c17-8-11-9-18-16(24-11)13-7-10-3-1-4-12(15(10)19-13)20-25(21,22)14-5-2-6-23-14/h1-7,9,19-20H,8H2. The van der Waals surface area contributed by atoms with Crippen LogP contribution in [0.3, 0.4) is 0 Å². The molecule has 0 aliphatic carbocycles. The van der Waals surface area contributed by atoms with E-state index in [1.54, 1.807) is 29.8 Å². The molecule has 0 radical (unpaired) electrons. The highest BCUT2D eigenvalue weighted by molar-refractivity contribution is 7.94. The molecule has 5 nitrogen and oxygen atoms in total. The molecule has 25 heavy (non-hydrogen) atoms. The van der Waals surface area contributed by atoms with Crippen molar-refractivity contribution in [2.75, 3.05) is 4.72 Å². The number of nitrogens with zero attached hydrogens (tertiary/aromatic N) is 1. The number of benzene rings is 1. The Morgan fingerprint density at radius 2 is 2.12 bits per heavy atom. The molecular formula is C16H12ClN3O2S3. The number of thiophene rings is 1. The second-order valence-corrected chi connectivity index (χ2v) is 9.50. The average Bonchev–Trinajstić information content (AvgIpc) is 3.33. The van der Waals surface area contributed by atoms with E-state index >= 15 is 0 Å². The van der Waals surface area contributed by atoms with Crippen LogP contribution in [0.1, 0.15) is 4.88 Å². The van der Waals surface area contributed by atoms with E-state index in [-0.39, 0.29) is 4.21 Å². The van der Waals surface area contributed by atoms with Crippen molar-refractivity contribution in [3.05, 3.63) is 52.9 Å². The Bertz CT molecular complexity index is 1130. The molecule has 0 atom stereocenters. The minimum absolute atomic E-state index is 0.281. The number of rotatable bonds is 5. The summed E-state index contributed by atoms with van der Waals surface area (Å²) in [7, 11) is -3.60. The third kappa shape index (κ3) is 3.18. The Kier molecular flexibility index (Phi) is 4.28. The summed E-state index contributed by atoms with van der Waals surface area (Å²) in [6.07, 6.45) is 1.75. The topological polar surface area (TPSA) is 74.8 Å². The molecule has 0 amide bonds. The summed E-state index contributed by atoms with van der Waals surface area (Å²) in [5.74, 6) is 0.420. The molecule has 2 N–H and O–H groups in total. The number of hydrogen-bond donors (Lipinski definition) is 2. The van der Waals surface area contributed by atoms with Crippen molar-refractivity contribution in [1.29, 1.82) is 0 Å². The zero-order valence-corrected chi connectivity index (χ0v) is 15.9. The van der Waals surface area contributed by atoms with Crippen LogP contribution in [0.15, 0.2) is 52.2 Å². The number of halogens is 1. The number of H-pyrrole nitrogens is 1. The Morgan fingerprint density at radius 3 is 2.84 bits per heavy atom. The first-order valence-electron chi connectivity index (χ1n) is 7.26. The predicted molar refractivity (Wildman–Crippen MR) is 104 cm³/mol. The van der Waals surface area contributed by atoms with E-state index in [1.165, 1.54) is 22.7 Å². The van der Waals surface area contributed by atoms with Gasteiger partial charge in [0, 0.05) is 16.5 Å². The SMILES string of the molecule is O=S(=O)(Nc1cccc2cc(-c3ncc(CCl)s3)[nH]c12)c1cccs1. The van der Waals surface area contributed by atoms with Crippen LogP contribution in [0.5, 0.6) is 0 Å². The molecule has 9 heteroatoms. The van der Waals surface area contributed by atoms with Gasteiger partial charge in [0.15, 0.2) is 0 Å². The van der Waals surface area contributed by atoms with Gasteiger partial charge in [-0.05, 0) is 23.6 Å². The molecule has 3 heterocycles. The van der Waals surface area contributed by atoms with Crippen molar-refractivity contribution in [3.8, 4) is 10.7 Å². The number of thiazole rings is 1. The van der Waals surface area contributed by atoms with E-state index in [2.05, 4.69) is 14.7 Å². The first kappa shape index (κ1) is 16.6. The fraction of sp³-hybridized carbons (Fsp3) is 0.0625. The fourth-order valence-electron chi connectivity index (χ4n) is 2.46. The smallest absolute Gasteiger partial charge is 0.271 e.